The van der Waals surface area contributed by atoms with Crippen molar-refractivity contribution in [3.63, 3.8) is 0 Å². The topological polar surface area (TPSA) is 101 Å². The van der Waals surface area contributed by atoms with Gasteiger partial charge in [-0.3, -0.25) is 19.7 Å². The average Bonchev–Trinajstić information content (AvgIpc) is 2.46. The quantitative estimate of drug-likeness (QED) is 0.627. The van der Waals surface area contributed by atoms with Gasteiger partial charge in [0.15, 0.2) is 0 Å². The van der Waals surface area contributed by atoms with Crippen LogP contribution < -0.4 is 10.6 Å². The molecule has 0 aliphatic rings. The summed E-state index contributed by atoms with van der Waals surface area (Å²) in [7, 11) is 0. The lowest BCUT2D eigenvalue weighted by atomic mass is 10.2. The molecule has 7 nitrogen and oxygen atoms in total. The zero-order valence-electron chi connectivity index (χ0n) is 12.0. The maximum atomic E-state index is 12.2. The molecule has 0 atom stereocenters. The molecule has 0 aliphatic carbocycles. The van der Waals surface area contributed by atoms with Crippen molar-refractivity contribution in [1.29, 1.82) is 0 Å². The van der Waals surface area contributed by atoms with Gasteiger partial charge in [0.2, 0.25) is 5.91 Å². The number of hydrogen-bond acceptors (Lipinski definition) is 4. The number of halogens is 1. The van der Waals surface area contributed by atoms with E-state index in [1.165, 1.54) is 25.1 Å². The van der Waals surface area contributed by atoms with Crippen LogP contribution in [-0.2, 0) is 4.79 Å². The van der Waals surface area contributed by atoms with Crippen molar-refractivity contribution < 1.29 is 14.5 Å². The number of nitro groups is 1. The lowest BCUT2D eigenvalue weighted by Crippen LogP contribution is -2.13. The first kappa shape index (κ1) is 16.6. The summed E-state index contributed by atoms with van der Waals surface area (Å²) in [5.74, 6) is -0.711. The molecular formula is C15H12BrN3O4. The molecule has 2 aromatic rings. The maximum absolute atomic E-state index is 12.2. The van der Waals surface area contributed by atoms with Crippen LogP contribution in [0.1, 0.15) is 17.3 Å². The fourth-order valence-corrected chi connectivity index (χ4v) is 2.27. The van der Waals surface area contributed by atoms with Gasteiger partial charge in [0.25, 0.3) is 11.6 Å². The van der Waals surface area contributed by atoms with Crippen molar-refractivity contribution in [3.8, 4) is 0 Å². The van der Waals surface area contributed by atoms with E-state index < -0.39 is 10.8 Å². The Kier molecular flexibility index (Phi) is 5.07. The lowest BCUT2D eigenvalue weighted by Gasteiger charge is -2.08. The SMILES string of the molecule is CC(=O)Nc1cccc(NC(=O)c2ccc(Br)c([N+](=O)[O-])c2)c1. The summed E-state index contributed by atoms with van der Waals surface area (Å²) in [6.45, 7) is 1.38. The van der Waals surface area contributed by atoms with Gasteiger partial charge in [-0.2, -0.15) is 0 Å². The van der Waals surface area contributed by atoms with Crippen LogP contribution in [0.25, 0.3) is 0 Å². The Labute approximate surface area is 140 Å². The van der Waals surface area contributed by atoms with Gasteiger partial charge in [0.1, 0.15) is 0 Å². The number of nitrogens with zero attached hydrogens (tertiary/aromatic N) is 1. The molecule has 0 aromatic heterocycles. The molecular weight excluding hydrogens is 366 g/mol. The monoisotopic (exact) mass is 377 g/mol. The van der Waals surface area contributed by atoms with E-state index in [0.29, 0.717) is 15.8 Å². The molecule has 0 unspecified atom stereocenters. The van der Waals surface area contributed by atoms with Gasteiger partial charge in [-0.05, 0) is 46.3 Å². The Morgan fingerprint density at radius 1 is 1.09 bits per heavy atom. The molecule has 2 N–H and O–H groups in total. The first-order chi connectivity index (χ1) is 10.9. The smallest absolute Gasteiger partial charge is 0.284 e. The van der Waals surface area contributed by atoms with Gasteiger partial charge in [-0.15, -0.1) is 0 Å². The van der Waals surface area contributed by atoms with Crippen LogP contribution in [-0.4, -0.2) is 16.7 Å². The van der Waals surface area contributed by atoms with Gasteiger partial charge in [0.05, 0.1) is 9.40 Å². The van der Waals surface area contributed by atoms with E-state index in [9.17, 15) is 19.7 Å². The van der Waals surface area contributed by atoms with Crippen molar-refractivity contribution in [1.82, 2.24) is 0 Å². The largest absolute Gasteiger partial charge is 0.326 e. The first-order valence-corrected chi connectivity index (χ1v) is 7.29. The van der Waals surface area contributed by atoms with E-state index in [0.717, 1.165) is 0 Å². The van der Waals surface area contributed by atoms with E-state index in [1.807, 2.05) is 0 Å². The standard InChI is InChI=1S/C15H12BrN3O4/c1-9(20)17-11-3-2-4-12(8-11)18-15(21)10-5-6-13(16)14(7-10)19(22)23/h2-8H,1H3,(H,17,20)(H,18,21). The number of benzene rings is 2. The second-order valence-electron chi connectivity index (χ2n) is 4.64. The highest BCUT2D eigenvalue weighted by atomic mass is 79.9. The normalized spacial score (nSPS) is 10.0. The molecule has 118 valence electrons. The highest BCUT2D eigenvalue weighted by Gasteiger charge is 2.16. The fraction of sp³-hybridized carbons (Fsp3) is 0.0667. The molecule has 0 heterocycles. The Morgan fingerprint density at radius 2 is 1.74 bits per heavy atom. The van der Waals surface area contributed by atoms with E-state index in [1.54, 1.807) is 24.3 Å². The van der Waals surface area contributed by atoms with Crippen LogP contribution in [0.5, 0.6) is 0 Å². The number of rotatable bonds is 4. The minimum atomic E-state index is -0.571. The molecule has 8 heteroatoms. The molecule has 0 saturated carbocycles. The number of hydrogen-bond donors (Lipinski definition) is 2. The summed E-state index contributed by atoms with van der Waals surface area (Å²) in [5.41, 5.74) is 0.971. The highest BCUT2D eigenvalue weighted by Crippen LogP contribution is 2.26. The van der Waals surface area contributed by atoms with Gasteiger partial charge < -0.3 is 10.6 Å². The predicted octanol–water partition coefficient (Wildman–Crippen LogP) is 3.57. The van der Waals surface area contributed by atoms with Crippen LogP contribution in [0.2, 0.25) is 0 Å². The van der Waals surface area contributed by atoms with Crippen molar-refractivity contribution in [3.05, 3.63) is 62.6 Å². The summed E-state index contributed by atoms with van der Waals surface area (Å²) in [5, 5.41) is 16.1. The molecule has 2 amide bonds. The number of carbonyl (C=O) groups is 2. The van der Waals surface area contributed by atoms with E-state index >= 15 is 0 Å². The van der Waals surface area contributed by atoms with Crippen molar-refractivity contribution >= 4 is 44.8 Å². The third kappa shape index (κ3) is 4.36. The summed E-state index contributed by atoms with van der Waals surface area (Å²) in [6, 6.07) is 10.7. The molecule has 23 heavy (non-hydrogen) atoms. The minimum absolute atomic E-state index is 0.157. The number of amides is 2. The molecule has 2 aromatic carbocycles. The molecule has 0 radical (unpaired) electrons. The first-order valence-electron chi connectivity index (χ1n) is 6.50. The maximum Gasteiger partial charge on any atom is 0.284 e. The van der Waals surface area contributed by atoms with Crippen LogP contribution in [0, 0.1) is 10.1 Å². The lowest BCUT2D eigenvalue weighted by molar-refractivity contribution is -0.385. The van der Waals surface area contributed by atoms with Gasteiger partial charge in [-0.1, -0.05) is 6.07 Å². The molecule has 0 saturated heterocycles. The van der Waals surface area contributed by atoms with E-state index in [-0.39, 0.29) is 17.2 Å². The molecule has 0 bridgehead atoms. The third-order valence-electron chi connectivity index (χ3n) is 2.85. The van der Waals surface area contributed by atoms with Crippen LogP contribution in [0.15, 0.2) is 46.9 Å². The van der Waals surface area contributed by atoms with Crippen LogP contribution in [0.3, 0.4) is 0 Å². The Balaban J connectivity index is 2.21. The Morgan fingerprint density at radius 3 is 2.35 bits per heavy atom. The second-order valence-corrected chi connectivity index (χ2v) is 5.49. The van der Waals surface area contributed by atoms with Crippen molar-refractivity contribution in [2.24, 2.45) is 0 Å². The molecule has 2 rings (SSSR count). The third-order valence-corrected chi connectivity index (χ3v) is 3.52. The zero-order chi connectivity index (χ0) is 17.0. The van der Waals surface area contributed by atoms with E-state index in [4.69, 9.17) is 0 Å². The van der Waals surface area contributed by atoms with Crippen molar-refractivity contribution in [2.45, 2.75) is 6.92 Å². The van der Waals surface area contributed by atoms with Gasteiger partial charge >= 0.3 is 0 Å². The Hall–Kier alpha value is -2.74. The number of carbonyl (C=O) groups excluding carboxylic acids is 2. The zero-order valence-corrected chi connectivity index (χ0v) is 13.6. The molecule has 0 aliphatic heterocycles. The summed E-state index contributed by atoms with van der Waals surface area (Å²) < 4.78 is 0.298. The summed E-state index contributed by atoms with van der Waals surface area (Å²) in [6.07, 6.45) is 0. The average molecular weight is 378 g/mol. The van der Waals surface area contributed by atoms with Crippen molar-refractivity contribution in [2.75, 3.05) is 10.6 Å². The Bertz CT molecular complexity index is 792. The summed E-state index contributed by atoms with van der Waals surface area (Å²) >= 11 is 3.07. The molecule has 0 spiro atoms. The summed E-state index contributed by atoms with van der Waals surface area (Å²) in [4.78, 5) is 33.6. The second kappa shape index (κ2) is 7.01. The minimum Gasteiger partial charge on any atom is -0.326 e. The predicted molar refractivity (Wildman–Crippen MR) is 89.5 cm³/mol. The highest BCUT2D eigenvalue weighted by molar-refractivity contribution is 9.10. The fourth-order valence-electron chi connectivity index (χ4n) is 1.88. The van der Waals surface area contributed by atoms with Crippen LogP contribution >= 0.6 is 15.9 Å². The van der Waals surface area contributed by atoms with Crippen LogP contribution in [0.4, 0.5) is 17.1 Å². The molecule has 0 fully saturated rings. The number of anilines is 2. The van der Waals surface area contributed by atoms with Gasteiger partial charge in [-0.25, -0.2) is 0 Å². The van der Waals surface area contributed by atoms with Gasteiger partial charge in [0, 0.05) is 29.9 Å². The number of nitrogens with one attached hydrogen (secondary N) is 2. The number of nitro benzene ring substituents is 1. The van der Waals surface area contributed by atoms with E-state index in [2.05, 4.69) is 26.6 Å².